The molecule has 0 unspecified atom stereocenters. The molecule has 2 rings (SSSR count). The number of halogens is 2. The normalized spacial score (nSPS) is 18.1. The fourth-order valence-corrected chi connectivity index (χ4v) is 1.90. The average molecular weight is 227 g/mol. The summed E-state index contributed by atoms with van der Waals surface area (Å²) in [6, 6.07) is 0. The molecule has 0 spiro atoms. The molecule has 0 saturated carbocycles. The van der Waals surface area contributed by atoms with E-state index in [4.69, 9.17) is 0 Å². The van der Waals surface area contributed by atoms with E-state index in [1.807, 2.05) is 11.8 Å². The summed E-state index contributed by atoms with van der Waals surface area (Å²) >= 11 is 0. The van der Waals surface area contributed by atoms with Crippen LogP contribution in [-0.2, 0) is 0 Å². The first-order valence-corrected chi connectivity index (χ1v) is 5.48. The Kier molecular flexibility index (Phi) is 3.31. The molecule has 1 aromatic rings. The number of anilines is 1. The van der Waals surface area contributed by atoms with Crippen LogP contribution in [0.25, 0.3) is 0 Å². The van der Waals surface area contributed by atoms with Crippen molar-refractivity contribution in [3.05, 3.63) is 18.0 Å². The van der Waals surface area contributed by atoms with E-state index in [1.165, 1.54) is 0 Å². The van der Waals surface area contributed by atoms with Crippen molar-refractivity contribution in [2.75, 3.05) is 18.0 Å². The molecule has 2 heterocycles. The lowest BCUT2D eigenvalue weighted by Gasteiger charge is -2.31. The van der Waals surface area contributed by atoms with Crippen LogP contribution >= 0.6 is 0 Å². The number of rotatable bonds is 2. The van der Waals surface area contributed by atoms with Crippen LogP contribution in [0, 0.1) is 12.8 Å². The third-order valence-corrected chi connectivity index (χ3v) is 2.95. The van der Waals surface area contributed by atoms with Crippen molar-refractivity contribution in [3.8, 4) is 0 Å². The van der Waals surface area contributed by atoms with Crippen LogP contribution in [0.3, 0.4) is 0 Å². The second kappa shape index (κ2) is 4.72. The predicted molar refractivity (Wildman–Crippen MR) is 57.7 cm³/mol. The molecular formula is C11H15F2N3. The maximum Gasteiger partial charge on any atom is 0.241 e. The van der Waals surface area contributed by atoms with Gasteiger partial charge in [-0.15, -0.1) is 0 Å². The Balaban J connectivity index is 1.96. The zero-order chi connectivity index (χ0) is 11.5. The van der Waals surface area contributed by atoms with Gasteiger partial charge in [0.25, 0.3) is 0 Å². The van der Waals surface area contributed by atoms with Gasteiger partial charge in [-0.1, -0.05) is 0 Å². The van der Waals surface area contributed by atoms with Gasteiger partial charge in [-0.2, -0.15) is 0 Å². The highest BCUT2D eigenvalue weighted by Gasteiger charge is 2.26. The third-order valence-electron chi connectivity index (χ3n) is 2.95. The molecule has 0 bridgehead atoms. The third kappa shape index (κ3) is 2.46. The number of nitrogens with zero attached hydrogens (tertiary/aromatic N) is 3. The van der Waals surface area contributed by atoms with Crippen LogP contribution in [-0.4, -0.2) is 29.5 Å². The summed E-state index contributed by atoms with van der Waals surface area (Å²) in [4.78, 5) is 10.4. The van der Waals surface area contributed by atoms with Crippen molar-refractivity contribution in [2.45, 2.75) is 26.2 Å². The minimum absolute atomic E-state index is 0.457. The molecule has 1 aliphatic heterocycles. The molecule has 1 fully saturated rings. The summed E-state index contributed by atoms with van der Waals surface area (Å²) in [5, 5.41) is 0. The van der Waals surface area contributed by atoms with Crippen LogP contribution in [0.1, 0.15) is 18.4 Å². The van der Waals surface area contributed by atoms with E-state index >= 15 is 0 Å². The van der Waals surface area contributed by atoms with Gasteiger partial charge < -0.3 is 4.90 Å². The maximum absolute atomic E-state index is 12.5. The van der Waals surface area contributed by atoms with E-state index in [2.05, 4.69) is 9.97 Å². The first-order chi connectivity index (χ1) is 7.66. The van der Waals surface area contributed by atoms with Gasteiger partial charge in [0.15, 0.2) is 0 Å². The molecule has 0 radical (unpaired) electrons. The minimum atomic E-state index is -2.19. The van der Waals surface area contributed by atoms with Crippen LogP contribution in [0.5, 0.6) is 0 Å². The van der Waals surface area contributed by atoms with Crippen LogP contribution in [0.15, 0.2) is 12.4 Å². The standard InChI is InChI=1S/C11H15F2N3/c1-8-6-14-11(15-7-8)16-4-2-9(3-5-16)10(12)13/h6-7,9-10H,2-5H2,1H3. The second-order valence-electron chi connectivity index (χ2n) is 4.22. The molecule has 5 heteroatoms. The Morgan fingerprint density at radius 2 is 1.81 bits per heavy atom. The van der Waals surface area contributed by atoms with Crippen LogP contribution in [0.2, 0.25) is 0 Å². The predicted octanol–water partition coefficient (Wildman–Crippen LogP) is 2.27. The van der Waals surface area contributed by atoms with Crippen molar-refractivity contribution in [1.29, 1.82) is 0 Å². The van der Waals surface area contributed by atoms with E-state index < -0.39 is 12.3 Å². The van der Waals surface area contributed by atoms with Gasteiger partial charge in [-0.25, -0.2) is 18.7 Å². The summed E-state index contributed by atoms with van der Waals surface area (Å²) in [6.45, 7) is 3.17. The molecular weight excluding hydrogens is 212 g/mol. The molecule has 16 heavy (non-hydrogen) atoms. The minimum Gasteiger partial charge on any atom is -0.341 e. The zero-order valence-electron chi connectivity index (χ0n) is 9.24. The van der Waals surface area contributed by atoms with E-state index in [-0.39, 0.29) is 0 Å². The highest BCUT2D eigenvalue weighted by molar-refractivity contribution is 5.30. The lowest BCUT2D eigenvalue weighted by molar-refractivity contribution is 0.0634. The zero-order valence-corrected chi connectivity index (χ0v) is 9.24. The summed E-state index contributed by atoms with van der Waals surface area (Å²) in [5.74, 6) is 0.194. The number of piperidine rings is 1. The quantitative estimate of drug-likeness (QED) is 0.776. The molecule has 3 nitrogen and oxygen atoms in total. The molecule has 0 N–H and O–H groups in total. The van der Waals surface area contributed by atoms with E-state index in [0.29, 0.717) is 31.9 Å². The van der Waals surface area contributed by atoms with E-state index in [9.17, 15) is 8.78 Å². The number of alkyl halides is 2. The Morgan fingerprint density at radius 1 is 1.25 bits per heavy atom. The first kappa shape index (κ1) is 11.2. The Hall–Kier alpha value is -1.26. The Morgan fingerprint density at radius 3 is 2.31 bits per heavy atom. The number of hydrogen-bond acceptors (Lipinski definition) is 3. The SMILES string of the molecule is Cc1cnc(N2CCC(C(F)F)CC2)nc1. The van der Waals surface area contributed by atoms with Gasteiger partial charge in [-0.05, 0) is 25.3 Å². The molecule has 1 saturated heterocycles. The van der Waals surface area contributed by atoms with Crippen molar-refractivity contribution in [1.82, 2.24) is 9.97 Å². The maximum atomic E-state index is 12.5. The molecule has 1 aromatic heterocycles. The first-order valence-electron chi connectivity index (χ1n) is 5.48. The molecule has 0 atom stereocenters. The largest absolute Gasteiger partial charge is 0.341 e. The smallest absolute Gasteiger partial charge is 0.241 e. The number of aryl methyl sites for hydroxylation is 1. The summed E-state index contributed by atoms with van der Waals surface area (Å²) in [7, 11) is 0. The van der Waals surface area contributed by atoms with Gasteiger partial charge >= 0.3 is 0 Å². The van der Waals surface area contributed by atoms with Gasteiger partial charge in [0.2, 0.25) is 12.4 Å². The molecule has 0 aromatic carbocycles. The highest BCUT2D eigenvalue weighted by atomic mass is 19.3. The van der Waals surface area contributed by atoms with Crippen molar-refractivity contribution in [3.63, 3.8) is 0 Å². The Labute approximate surface area is 93.5 Å². The van der Waals surface area contributed by atoms with Gasteiger partial charge in [0, 0.05) is 31.4 Å². The van der Waals surface area contributed by atoms with Crippen molar-refractivity contribution >= 4 is 5.95 Å². The lowest BCUT2D eigenvalue weighted by Crippen LogP contribution is -2.36. The van der Waals surface area contributed by atoms with Gasteiger partial charge in [-0.3, -0.25) is 0 Å². The second-order valence-corrected chi connectivity index (χ2v) is 4.22. The van der Waals surface area contributed by atoms with Crippen molar-refractivity contribution < 1.29 is 8.78 Å². The Bertz CT molecular complexity index is 332. The average Bonchev–Trinajstić information content (AvgIpc) is 2.30. The van der Waals surface area contributed by atoms with E-state index in [0.717, 1.165) is 5.56 Å². The molecule has 0 aliphatic carbocycles. The summed E-state index contributed by atoms with van der Waals surface area (Å²) in [6.07, 6.45) is 2.36. The topological polar surface area (TPSA) is 29.0 Å². The van der Waals surface area contributed by atoms with Gasteiger partial charge in [0.05, 0.1) is 0 Å². The van der Waals surface area contributed by atoms with Crippen molar-refractivity contribution in [2.24, 2.45) is 5.92 Å². The molecule has 1 aliphatic rings. The number of hydrogen-bond donors (Lipinski definition) is 0. The highest BCUT2D eigenvalue weighted by Crippen LogP contribution is 2.25. The summed E-state index contributed by atoms with van der Waals surface area (Å²) in [5.41, 5.74) is 1.01. The van der Waals surface area contributed by atoms with Gasteiger partial charge in [0.1, 0.15) is 0 Å². The van der Waals surface area contributed by atoms with Crippen LogP contribution in [0.4, 0.5) is 14.7 Å². The molecule has 88 valence electrons. The fourth-order valence-electron chi connectivity index (χ4n) is 1.90. The fraction of sp³-hybridized carbons (Fsp3) is 0.636. The molecule has 0 amide bonds. The lowest BCUT2D eigenvalue weighted by atomic mass is 9.98. The summed E-state index contributed by atoms with van der Waals surface area (Å²) < 4.78 is 24.9. The monoisotopic (exact) mass is 227 g/mol. The van der Waals surface area contributed by atoms with E-state index in [1.54, 1.807) is 12.4 Å². The van der Waals surface area contributed by atoms with Crippen LogP contribution < -0.4 is 4.90 Å². The number of aromatic nitrogens is 2.